The third-order valence-corrected chi connectivity index (χ3v) is 7.97. The fraction of sp³-hybridized carbons (Fsp3) is 0.310. The number of unbranched alkanes of at least 4 members (excludes halogenated alkanes) is 1. The van der Waals surface area contributed by atoms with Crippen molar-refractivity contribution in [2.45, 2.75) is 44.5 Å². The summed E-state index contributed by atoms with van der Waals surface area (Å²) in [5, 5.41) is 4.58. The zero-order chi connectivity index (χ0) is 26.6. The van der Waals surface area contributed by atoms with Gasteiger partial charge >= 0.3 is 0 Å². The predicted octanol–water partition coefficient (Wildman–Crippen LogP) is 7.44. The maximum Gasteiger partial charge on any atom is 0.243 e. The topological polar surface area (TPSA) is 49.4 Å². The van der Waals surface area contributed by atoms with Crippen LogP contribution in [0.4, 0.5) is 0 Å². The molecule has 0 aliphatic heterocycles. The lowest BCUT2D eigenvalue weighted by Crippen LogP contribution is -2.51. The van der Waals surface area contributed by atoms with E-state index in [0.29, 0.717) is 33.8 Å². The quantitative estimate of drug-likeness (QED) is 0.215. The number of nitrogens with one attached hydrogen (secondary N) is 1. The number of thioether (sulfide) groups is 1. The van der Waals surface area contributed by atoms with Crippen LogP contribution in [0.25, 0.3) is 0 Å². The lowest BCUT2D eigenvalue weighted by Gasteiger charge is -2.32. The van der Waals surface area contributed by atoms with Crippen LogP contribution in [0, 0.1) is 0 Å². The Balaban J connectivity index is 1.83. The van der Waals surface area contributed by atoms with Crippen LogP contribution in [0.3, 0.4) is 0 Å². The van der Waals surface area contributed by atoms with Gasteiger partial charge in [-0.15, -0.1) is 11.8 Å². The molecular formula is C29H31Cl3N2O2S. The smallest absolute Gasteiger partial charge is 0.243 e. The van der Waals surface area contributed by atoms with Crippen molar-refractivity contribution in [3.8, 4) is 0 Å². The SMILES string of the molecule is CCCCNC(=O)[C@H](Cc1ccccc1)N(Cc1ccccc1Cl)C(=O)CSCc1ccc(Cl)c(Cl)c1. The Hall–Kier alpha value is -2.18. The van der Waals surface area contributed by atoms with E-state index in [1.807, 2.05) is 60.7 Å². The molecule has 0 aliphatic rings. The van der Waals surface area contributed by atoms with Crippen molar-refractivity contribution >= 4 is 58.4 Å². The molecule has 0 fully saturated rings. The van der Waals surface area contributed by atoms with E-state index in [1.54, 1.807) is 17.0 Å². The van der Waals surface area contributed by atoms with Gasteiger partial charge in [0.15, 0.2) is 0 Å². The van der Waals surface area contributed by atoms with Crippen LogP contribution in [0.15, 0.2) is 72.8 Å². The first-order valence-electron chi connectivity index (χ1n) is 12.2. The Bertz CT molecular complexity index is 1180. The highest BCUT2D eigenvalue weighted by Crippen LogP contribution is 2.26. The van der Waals surface area contributed by atoms with E-state index in [2.05, 4.69) is 12.2 Å². The van der Waals surface area contributed by atoms with Gasteiger partial charge in [0.2, 0.25) is 11.8 Å². The fourth-order valence-corrected chi connectivity index (χ4v) is 5.21. The molecule has 3 aromatic carbocycles. The predicted molar refractivity (Wildman–Crippen MR) is 156 cm³/mol. The molecule has 37 heavy (non-hydrogen) atoms. The van der Waals surface area contributed by atoms with Crippen molar-refractivity contribution < 1.29 is 9.59 Å². The van der Waals surface area contributed by atoms with Crippen molar-refractivity contribution in [3.05, 3.63) is 105 Å². The van der Waals surface area contributed by atoms with Crippen molar-refractivity contribution in [1.29, 1.82) is 0 Å². The second-order valence-corrected chi connectivity index (χ2v) is 10.9. The van der Waals surface area contributed by atoms with Gasteiger partial charge in [-0.05, 0) is 41.3 Å². The van der Waals surface area contributed by atoms with Gasteiger partial charge in [0.25, 0.3) is 0 Å². The number of halogens is 3. The summed E-state index contributed by atoms with van der Waals surface area (Å²) in [4.78, 5) is 28.8. The van der Waals surface area contributed by atoms with E-state index in [4.69, 9.17) is 34.8 Å². The summed E-state index contributed by atoms with van der Waals surface area (Å²) in [5.41, 5.74) is 2.76. The first-order chi connectivity index (χ1) is 17.9. The van der Waals surface area contributed by atoms with Crippen LogP contribution in [0.1, 0.15) is 36.5 Å². The van der Waals surface area contributed by atoms with Crippen LogP contribution in [-0.4, -0.2) is 35.1 Å². The second-order valence-electron chi connectivity index (χ2n) is 8.70. The van der Waals surface area contributed by atoms with E-state index >= 15 is 0 Å². The van der Waals surface area contributed by atoms with Gasteiger partial charge in [-0.1, -0.05) is 103 Å². The lowest BCUT2D eigenvalue weighted by atomic mass is 10.0. The lowest BCUT2D eigenvalue weighted by molar-refractivity contribution is -0.139. The van der Waals surface area contributed by atoms with E-state index in [9.17, 15) is 9.59 Å². The Morgan fingerprint density at radius 1 is 0.892 bits per heavy atom. The first kappa shape index (κ1) is 29.4. The average Bonchev–Trinajstić information content (AvgIpc) is 2.89. The summed E-state index contributed by atoms with van der Waals surface area (Å²) in [6.07, 6.45) is 2.26. The van der Waals surface area contributed by atoms with Gasteiger partial charge in [0, 0.05) is 30.3 Å². The number of hydrogen-bond acceptors (Lipinski definition) is 3. The zero-order valence-corrected chi connectivity index (χ0v) is 23.8. The molecule has 8 heteroatoms. The van der Waals surface area contributed by atoms with Crippen molar-refractivity contribution in [1.82, 2.24) is 10.2 Å². The molecular weight excluding hydrogens is 547 g/mol. The molecule has 0 aromatic heterocycles. The van der Waals surface area contributed by atoms with Crippen LogP contribution in [-0.2, 0) is 28.3 Å². The Morgan fingerprint density at radius 3 is 2.32 bits per heavy atom. The van der Waals surface area contributed by atoms with Gasteiger partial charge in [0.05, 0.1) is 15.8 Å². The minimum atomic E-state index is -0.673. The first-order valence-corrected chi connectivity index (χ1v) is 14.5. The molecule has 0 radical (unpaired) electrons. The summed E-state index contributed by atoms with van der Waals surface area (Å²) < 4.78 is 0. The maximum absolute atomic E-state index is 13.7. The molecule has 0 bridgehead atoms. The zero-order valence-electron chi connectivity index (χ0n) is 20.8. The Labute approximate surface area is 238 Å². The highest BCUT2D eigenvalue weighted by atomic mass is 35.5. The third-order valence-electron chi connectivity index (χ3n) is 5.88. The van der Waals surface area contributed by atoms with Crippen LogP contribution < -0.4 is 5.32 Å². The van der Waals surface area contributed by atoms with Gasteiger partial charge in [0.1, 0.15) is 6.04 Å². The summed E-state index contributed by atoms with van der Waals surface area (Å²) in [6.45, 7) is 2.89. The van der Waals surface area contributed by atoms with Crippen LogP contribution >= 0.6 is 46.6 Å². The monoisotopic (exact) mass is 576 g/mol. The summed E-state index contributed by atoms with van der Waals surface area (Å²) in [7, 11) is 0. The number of amides is 2. The van der Waals surface area contributed by atoms with E-state index in [-0.39, 0.29) is 24.1 Å². The normalized spacial score (nSPS) is 11.7. The molecule has 0 saturated heterocycles. The fourth-order valence-electron chi connectivity index (χ4n) is 3.84. The minimum Gasteiger partial charge on any atom is -0.354 e. The van der Waals surface area contributed by atoms with Crippen LogP contribution in [0.2, 0.25) is 15.1 Å². The van der Waals surface area contributed by atoms with Gasteiger partial charge in [-0.25, -0.2) is 0 Å². The van der Waals surface area contributed by atoms with Crippen molar-refractivity contribution in [3.63, 3.8) is 0 Å². The number of carbonyl (C=O) groups excluding carboxylic acids is 2. The van der Waals surface area contributed by atoms with Gasteiger partial charge < -0.3 is 10.2 Å². The van der Waals surface area contributed by atoms with Crippen LogP contribution in [0.5, 0.6) is 0 Å². The van der Waals surface area contributed by atoms with Crippen molar-refractivity contribution in [2.24, 2.45) is 0 Å². The summed E-state index contributed by atoms with van der Waals surface area (Å²) >= 11 is 20.1. The number of nitrogens with zero attached hydrogens (tertiary/aromatic N) is 1. The molecule has 0 saturated carbocycles. The molecule has 0 aliphatic carbocycles. The maximum atomic E-state index is 13.7. The van der Waals surface area contributed by atoms with Gasteiger partial charge in [-0.3, -0.25) is 9.59 Å². The number of benzene rings is 3. The average molecular weight is 578 g/mol. The molecule has 0 heterocycles. The molecule has 1 atom stereocenters. The number of rotatable bonds is 13. The molecule has 3 rings (SSSR count). The largest absolute Gasteiger partial charge is 0.354 e. The van der Waals surface area contributed by atoms with E-state index in [1.165, 1.54) is 11.8 Å². The highest BCUT2D eigenvalue weighted by Gasteiger charge is 2.30. The van der Waals surface area contributed by atoms with E-state index in [0.717, 1.165) is 29.5 Å². The highest BCUT2D eigenvalue weighted by molar-refractivity contribution is 7.99. The summed E-state index contributed by atoms with van der Waals surface area (Å²) in [6, 6.07) is 22.0. The molecule has 4 nitrogen and oxygen atoms in total. The van der Waals surface area contributed by atoms with Crippen molar-refractivity contribution in [2.75, 3.05) is 12.3 Å². The van der Waals surface area contributed by atoms with Gasteiger partial charge in [-0.2, -0.15) is 0 Å². The molecule has 3 aromatic rings. The standard InChI is InChI=1S/C29H31Cl3N2O2S/c1-2-3-15-33-29(36)27(17-21-9-5-4-6-10-21)34(18-23-11-7-8-12-24(23)30)28(35)20-37-19-22-13-14-25(31)26(32)16-22/h4-14,16,27H,2-3,15,17-20H2,1H3,(H,33,36)/t27-/m0/s1. The molecule has 1 N–H and O–H groups in total. The van der Waals surface area contributed by atoms with E-state index < -0.39 is 6.04 Å². The molecule has 2 amide bonds. The summed E-state index contributed by atoms with van der Waals surface area (Å²) in [5.74, 6) is 0.510. The Kier molecular flexibility index (Phi) is 12.1. The number of hydrogen-bond donors (Lipinski definition) is 1. The minimum absolute atomic E-state index is 0.128. The second kappa shape index (κ2) is 15.3. The molecule has 0 spiro atoms. The molecule has 0 unspecified atom stereocenters. The number of carbonyl (C=O) groups is 2. The molecule has 196 valence electrons. The Morgan fingerprint density at radius 2 is 1.62 bits per heavy atom. The third kappa shape index (κ3) is 9.26.